The van der Waals surface area contributed by atoms with E-state index in [4.69, 9.17) is 9.47 Å². The van der Waals surface area contributed by atoms with Crippen molar-refractivity contribution in [3.63, 3.8) is 0 Å². The lowest BCUT2D eigenvalue weighted by Crippen LogP contribution is -2.46. The maximum atomic E-state index is 12.5. The predicted octanol–water partition coefficient (Wildman–Crippen LogP) is 3.04. The van der Waals surface area contributed by atoms with Gasteiger partial charge in [-0.05, 0) is 44.4 Å². The first-order valence-electron chi connectivity index (χ1n) is 9.80. The number of methoxy groups -OCH3 is 1. The molecule has 29 heavy (non-hydrogen) atoms. The number of hydrogen-bond acceptors (Lipinski definition) is 5. The van der Waals surface area contributed by atoms with Crippen LogP contribution in [0.25, 0.3) is 0 Å². The number of esters is 1. The summed E-state index contributed by atoms with van der Waals surface area (Å²) in [6.45, 7) is 3.66. The van der Waals surface area contributed by atoms with Crippen molar-refractivity contribution in [1.29, 1.82) is 0 Å². The van der Waals surface area contributed by atoms with Gasteiger partial charge in [0.05, 0.1) is 26.2 Å². The number of ether oxygens (including phenoxy) is 3. The highest BCUT2D eigenvalue weighted by atomic mass is 19.3. The minimum atomic E-state index is -2.91. The van der Waals surface area contributed by atoms with Crippen LogP contribution in [0.4, 0.5) is 8.78 Å². The highest BCUT2D eigenvalue weighted by molar-refractivity contribution is 5.80. The quantitative estimate of drug-likeness (QED) is 0.401. The first-order valence-corrected chi connectivity index (χ1v) is 9.80. The fourth-order valence-electron chi connectivity index (χ4n) is 3.20. The molecule has 1 fully saturated rings. The van der Waals surface area contributed by atoms with Crippen molar-refractivity contribution in [1.82, 2.24) is 10.2 Å². The second kappa shape index (κ2) is 11.4. The molecule has 1 heterocycles. The third kappa shape index (κ3) is 6.76. The zero-order valence-electron chi connectivity index (χ0n) is 17.1. The van der Waals surface area contributed by atoms with E-state index in [1.165, 1.54) is 13.2 Å². The minimum absolute atomic E-state index is 0.00590. The second-order valence-corrected chi connectivity index (χ2v) is 6.55. The van der Waals surface area contributed by atoms with Crippen LogP contribution in [0.15, 0.2) is 23.2 Å². The van der Waals surface area contributed by atoms with Crippen LogP contribution in [-0.4, -0.2) is 56.8 Å². The van der Waals surface area contributed by atoms with Crippen LogP contribution in [0, 0.1) is 5.92 Å². The van der Waals surface area contributed by atoms with Gasteiger partial charge in [0.15, 0.2) is 17.5 Å². The summed E-state index contributed by atoms with van der Waals surface area (Å²) in [6.07, 6.45) is 1.43. The number of benzene rings is 1. The van der Waals surface area contributed by atoms with Gasteiger partial charge in [0.1, 0.15) is 0 Å². The SMILES string of the molecule is CCNC(=NCc1ccc(OC(F)F)c(OCC)c1)N1CCC(C(=O)OC)CC1. The molecule has 0 unspecified atom stereocenters. The monoisotopic (exact) mass is 413 g/mol. The number of halogens is 2. The van der Waals surface area contributed by atoms with E-state index in [9.17, 15) is 13.6 Å². The number of carbonyl (C=O) groups is 1. The van der Waals surface area contributed by atoms with E-state index >= 15 is 0 Å². The Morgan fingerprint density at radius 3 is 2.59 bits per heavy atom. The van der Waals surface area contributed by atoms with E-state index in [0.29, 0.717) is 45.6 Å². The molecule has 1 saturated heterocycles. The smallest absolute Gasteiger partial charge is 0.387 e. The Morgan fingerprint density at radius 1 is 1.28 bits per heavy atom. The summed E-state index contributed by atoms with van der Waals surface area (Å²) < 4.78 is 39.8. The van der Waals surface area contributed by atoms with E-state index in [0.717, 1.165) is 11.5 Å². The van der Waals surface area contributed by atoms with Gasteiger partial charge in [-0.3, -0.25) is 4.79 Å². The first kappa shape index (κ1) is 22.7. The highest BCUT2D eigenvalue weighted by Gasteiger charge is 2.27. The molecule has 0 atom stereocenters. The van der Waals surface area contributed by atoms with Gasteiger partial charge in [0.25, 0.3) is 0 Å². The summed E-state index contributed by atoms with van der Waals surface area (Å²) in [5.41, 5.74) is 0.815. The molecule has 1 aliphatic heterocycles. The molecule has 162 valence electrons. The third-order valence-corrected chi connectivity index (χ3v) is 4.60. The first-order chi connectivity index (χ1) is 14.0. The summed E-state index contributed by atoms with van der Waals surface area (Å²) in [7, 11) is 1.41. The van der Waals surface area contributed by atoms with Crippen LogP contribution >= 0.6 is 0 Å². The second-order valence-electron chi connectivity index (χ2n) is 6.55. The fourth-order valence-corrected chi connectivity index (χ4v) is 3.20. The predicted molar refractivity (Wildman–Crippen MR) is 105 cm³/mol. The van der Waals surface area contributed by atoms with Gasteiger partial charge in [-0.2, -0.15) is 8.78 Å². The number of carbonyl (C=O) groups excluding carboxylic acids is 1. The molecular weight excluding hydrogens is 384 g/mol. The average Bonchev–Trinajstić information content (AvgIpc) is 2.72. The van der Waals surface area contributed by atoms with Crippen molar-refractivity contribution in [3.05, 3.63) is 23.8 Å². The Hall–Kier alpha value is -2.58. The Labute approximate surface area is 170 Å². The Kier molecular flexibility index (Phi) is 8.95. The molecule has 0 spiro atoms. The molecule has 1 aromatic rings. The average molecular weight is 413 g/mol. The molecule has 7 nitrogen and oxygen atoms in total. The van der Waals surface area contributed by atoms with Crippen LogP contribution in [0.2, 0.25) is 0 Å². The van der Waals surface area contributed by atoms with E-state index < -0.39 is 6.61 Å². The number of nitrogens with one attached hydrogen (secondary N) is 1. The van der Waals surface area contributed by atoms with Gasteiger partial charge in [0.2, 0.25) is 0 Å². The Morgan fingerprint density at radius 2 is 2.00 bits per heavy atom. The number of hydrogen-bond donors (Lipinski definition) is 1. The molecule has 0 aliphatic carbocycles. The lowest BCUT2D eigenvalue weighted by molar-refractivity contribution is -0.146. The topological polar surface area (TPSA) is 72.4 Å². The normalized spacial score (nSPS) is 15.4. The van der Waals surface area contributed by atoms with Crippen LogP contribution in [0.1, 0.15) is 32.3 Å². The van der Waals surface area contributed by atoms with E-state index in [2.05, 4.69) is 19.9 Å². The molecule has 1 aliphatic rings. The van der Waals surface area contributed by atoms with Crippen LogP contribution < -0.4 is 14.8 Å². The Balaban J connectivity index is 2.08. The van der Waals surface area contributed by atoms with Crippen LogP contribution in [0.5, 0.6) is 11.5 Å². The van der Waals surface area contributed by atoms with Crippen molar-refractivity contribution in [3.8, 4) is 11.5 Å². The molecule has 1 aromatic carbocycles. The third-order valence-electron chi connectivity index (χ3n) is 4.60. The Bertz CT molecular complexity index is 692. The molecule has 0 saturated carbocycles. The summed E-state index contributed by atoms with van der Waals surface area (Å²) in [4.78, 5) is 18.5. The van der Waals surface area contributed by atoms with Crippen LogP contribution in [0.3, 0.4) is 0 Å². The van der Waals surface area contributed by atoms with Gasteiger partial charge in [-0.15, -0.1) is 0 Å². The van der Waals surface area contributed by atoms with Gasteiger partial charge in [-0.25, -0.2) is 4.99 Å². The molecule has 0 radical (unpaired) electrons. The van der Waals surface area contributed by atoms with Gasteiger partial charge < -0.3 is 24.4 Å². The van der Waals surface area contributed by atoms with Gasteiger partial charge in [-0.1, -0.05) is 6.07 Å². The number of aliphatic imine (C=N–C) groups is 1. The van der Waals surface area contributed by atoms with Crippen molar-refractivity contribution in [2.45, 2.75) is 39.8 Å². The zero-order chi connectivity index (χ0) is 21.2. The number of nitrogens with zero attached hydrogens (tertiary/aromatic N) is 2. The molecule has 2 rings (SSSR count). The maximum Gasteiger partial charge on any atom is 0.387 e. The number of likely N-dealkylation sites (tertiary alicyclic amines) is 1. The van der Waals surface area contributed by atoms with Gasteiger partial charge >= 0.3 is 12.6 Å². The lowest BCUT2D eigenvalue weighted by atomic mass is 9.97. The molecule has 9 heteroatoms. The van der Waals surface area contributed by atoms with Crippen LogP contribution in [-0.2, 0) is 16.1 Å². The lowest BCUT2D eigenvalue weighted by Gasteiger charge is -2.33. The van der Waals surface area contributed by atoms with E-state index in [1.54, 1.807) is 19.1 Å². The number of alkyl halides is 2. The van der Waals surface area contributed by atoms with Crippen molar-refractivity contribution in [2.75, 3.05) is 33.4 Å². The molecular formula is C20H29F2N3O4. The minimum Gasteiger partial charge on any atom is -0.490 e. The van der Waals surface area contributed by atoms with E-state index in [1.807, 2.05) is 6.92 Å². The van der Waals surface area contributed by atoms with Gasteiger partial charge in [0, 0.05) is 19.6 Å². The zero-order valence-corrected chi connectivity index (χ0v) is 17.1. The summed E-state index contributed by atoms with van der Waals surface area (Å²) in [5.74, 6) is 0.786. The number of guanidine groups is 1. The van der Waals surface area contributed by atoms with Crippen molar-refractivity contribution >= 4 is 11.9 Å². The number of piperidine rings is 1. The van der Waals surface area contributed by atoms with Crippen molar-refractivity contribution in [2.24, 2.45) is 10.9 Å². The summed E-state index contributed by atoms with van der Waals surface area (Å²) in [5, 5.41) is 3.26. The molecule has 1 N–H and O–H groups in total. The maximum absolute atomic E-state index is 12.5. The van der Waals surface area contributed by atoms with Crippen molar-refractivity contribution < 1.29 is 27.8 Å². The largest absolute Gasteiger partial charge is 0.490 e. The standard InChI is InChI=1S/C20H29F2N3O4/c1-4-23-20(25-10-8-15(9-11-25)18(26)27-3)24-13-14-6-7-16(29-19(21)22)17(12-14)28-5-2/h6-7,12,15,19H,4-5,8-11,13H2,1-3H3,(H,23,24). The molecule has 0 aromatic heterocycles. The highest BCUT2D eigenvalue weighted by Crippen LogP contribution is 2.30. The molecule has 0 amide bonds. The summed E-state index contributed by atoms with van der Waals surface area (Å²) in [6, 6.07) is 4.82. The number of rotatable bonds is 8. The van der Waals surface area contributed by atoms with E-state index in [-0.39, 0.29) is 23.4 Å². The summed E-state index contributed by atoms with van der Waals surface area (Å²) >= 11 is 0. The fraction of sp³-hybridized carbons (Fsp3) is 0.600. The molecule has 0 bridgehead atoms.